The van der Waals surface area contributed by atoms with Gasteiger partial charge < -0.3 is 4.74 Å². The highest BCUT2D eigenvalue weighted by Crippen LogP contribution is 2.33. The smallest absolute Gasteiger partial charge is 0.405 e. The largest absolute Gasteiger partial charge is 0.573 e. The number of thioether (sulfide) groups is 1. The number of hydrogen-bond donors (Lipinski definition) is 0. The van der Waals surface area contributed by atoms with Crippen LogP contribution in [-0.4, -0.2) is 18.4 Å². The summed E-state index contributed by atoms with van der Waals surface area (Å²) in [6.45, 7) is 1.38. The highest BCUT2D eigenvalue weighted by atomic mass is 32.2. The molecule has 1 aromatic rings. The van der Waals surface area contributed by atoms with E-state index in [1.54, 1.807) is 12.3 Å². The number of ketones is 1. The number of benzene rings is 1. The number of rotatable bonds is 4. The predicted octanol–water partition coefficient (Wildman–Crippen LogP) is 3.44. The Kier molecular flexibility index (Phi) is 4.45. The second-order valence-electron chi connectivity index (χ2n) is 3.41. The van der Waals surface area contributed by atoms with Gasteiger partial charge in [0.05, 0.1) is 0 Å². The number of ether oxygens (including phenoxy) is 1. The summed E-state index contributed by atoms with van der Waals surface area (Å²) < 4.78 is 40.4. The zero-order valence-electron chi connectivity index (χ0n) is 9.30. The molecule has 0 N–H and O–H groups in total. The molecular formula is C11H11F3O2S. The van der Waals surface area contributed by atoms with E-state index in [0.717, 1.165) is 11.8 Å². The lowest BCUT2D eigenvalue weighted by Crippen LogP contribution is -2.17. The molecule has 2 nitrogen and oxygen atoms in total. The quantitative estimate of drug-likeness (QED) is 0.779. The SMILES string of the molecule is CSc1ccc(CC(C)=O)cc1OC(F)(F)F. The molecule has 0 spiro atoms. The summed E-state index contributed by atoms with van der Waals surface area (Å²) in [5.74, 6) is -0.372. The van der Waals surface area contributed by atoms with Crippen LogP contribution in [0.1, 0.15) is 12.5 Å². The molecule has 94 valence electrons. The molecule has 0 fully saturated rings. The van der Waals surface area contributed by atoms with Gasteiger partial charge in [-0.25, -0.2) is 0 Å². The first-order chi connectivity index (χ1) is 7.81. The summed E-state index contributed by atoms with van der Waals surface area (Å²) in [6, 6.07) is 4.39. The van der Waals surface area contributed by atoms with Crippen LogP contribution in [0.5, 0.6) is 5.75 Å². The van der Waals surface area contributed by atoms with Crippen LogP contribution in [-0.2, 0) is 11.2 Å². The van der Waals surface area contributed by atoms with Gasteiger partial charge in [0.15, 0.2) is 0 Å². The molecule has 0 unspecified atom stereocenters. The average molecular weight is 264 g/mol. The van der Waals surface area contributed by atoms with Crippen molar-refractivity contribution in [2.24, 2.45) is 0 Å². The third-order valence-electron chi connectivity index (χ3n) is 1.91. The maximum Gasteiger partial charge on any atom is 0.573 e. The van der Waals surface area contributed by atoms with E-state index in [4.69, 9.17) is 0 Å². The van der Waals surface area contributed by atoms with E-state index in [-0.39, 0.29) is 18.0 Å². The van der Waals surface area contributed by atoms with E-state index in [1.807, 2.05) is 0 Å². The molecule has 6 heteroatoms. The lowest BCUT2D eigenvalue weighted by molar-refractivity contribution is -0.275. The monoisotopic (exact) mass is 264 g/mol. The van der Waals surface area contributed by atoms with Crippen LogP contribution in [0.3, 0.4) is 0 Å². The molecule has 0 aliphatic heterocycles. The van der Waals surface area contributed by atoms with Crippen molar-refractivity contribution in [2.45, 2.75) is 24.6 Å². The summed E-state index contributed by atoms with van der Waals surface area (Å²) >= 11 is 1.15. The summed E-state index contributed by atoms with van der Waals surface area (Å²) in [5.41, 5.74) is 0.509. The lowest BCUT2D eigenvalue weighted by Gasteiger charge is -2.13. The van der Waals surface area contributed by atoms with Gasteiger partial charge in [0.25, 0.3) is 0 Å². The van der Waals surface area contributed by atoms with E-state index >= 15 is 0 Å². The van der Waals surface area contributed by atoms with E-state index in [9.17, 15) is 18.0 Å². The minimum Gasteiger partial charge on any atom is -0.405 e. The van der Waals surface area contributed by atoms with Crippen molar-refractivity contribution in [1.82, 2.24) is 0 Å². The summed E-state index contributed by atoms with van der Waals surface area (Å²) in [5, 5.41) is 0. The first-order valence-electron chi connectivity index (χ1n) is 4.74. The number of Topliss-reactive ketones (excluding diaryl/α,β-unsaturated/α-hetero) is 1. The van der Waals surface area contributed by atoms with Crippen LogP contribution >= 0.6 is 11.8 Å². The Morgan fingerprint density at radius 2 is 2.06 bits per heavy atom. The van der Waals surface area contributed by atoms with Crippen molar-refractivity contribution < 1.29 is 22.7 Å². The summed E-state index contributed by atoms with van der Waals surface area (Å²) in [6.07, 6.45) is -2.97. The normalized spacial score (nSPS) is 11.4. The first kappa shape index (κ1) is 13.9. The van der Waals surface area contributed by atoms with Gasteiger partial charge >= 0.3 is 6.36 Å². The topological polar surface area (TPSA) is 26.3 Å². The minimum atomic E-state index is -4.72. The van der Waals surface area contributed by atoms with E-state index < -0.39 is 6.36 Å². The number of halogens is 3. The second kappa shape index (κ2) is 5.44. The van der Waals surface area contributed by atoms with Gasteiger partial charge in [-0.2, -0.15) is 0 Å². The lowest BCUT2D eigenvalue weighted by atomic mass is 10.1. The van der Waals surface area contributed by atoms with Crippen LogP contribution in [0.15, 0.2) is 23.1 Å². The standard InChI is InChI=1S/C11H11F3O2S/c1-7(15)5-8-3-4-10(17-2)9(6-8)16-11(12,13)14/h3-4,6H,5H2,1-2H3. The summed E-state index contributed by atoms with van der Waals surface area (Å²) in [7, 11) is 0. The Labute approximate surface area is 101 Å². The van der Waals surface area contributed by atoms with Crippen molar-refractivity contribution in [3.63, 3.8) is 0 Å². The molecular weight excluding hydrogens is 253 g/mol. The Morgan fingerprint density at radius 1 is 1.41 bits per heavy atom. The molecule has 17 heavy (non-hydrogen) atoms. The highest BCUT2D eigenvalue weighted by molar-refractivity contribution is 7.98. The Morgan fingerprint density at radius 3 is 2.53 bits per heavy atom. The third kappa shape index (κ3) is 4.68. The van der Waals surface area contributed by atoms with Gasteiger partial charge in [-0.1, -0.05) is 6.07 Å². The summed E-state index contributed by atoms with van der Waals surface area (Å²) in [4.78, 5) is 11.3. The number of alkyl halides is 3. The Balaban J connectivity index is 3.02. The van der Waals surface area contributed by atoms with Crippen molar-refractivity contribution >= 4 is 17.5 Å². The van der Waals surface area contributed by atoms with Crippen molar-refractivity contribution in [3.05, 3.63) is 23.8 Å². The highest BCUT2D eigenvalue weighted by Gasteiger charge is 2.32. The van der Waals surface area contributed by atoms with Crippen LogP contribution < -0.4 is 4.74 Å². The van der Waals surface area contributed by atoms with E-state index in [0.29, 0.717) is 10.5 Å². The molecule has 0 heterocycles. The van der Waals surface area contributed by atoms with Gasteiger partial charge in [0, 0.05) is 11.3 Å². The molecule has 0 radical (unpaired) electrons. The van der Waals surface area contributed by atoms with E-state index in [2.05, 4.69) is 4.74 Å². The van der Waals surface area contributed by atoms with Crippen LogP contribution in [0.25, 0.3) is 0 Å². The molecule has 0 aromatic heterocycles. The van der Waals surface area contributed by atoms with Crippen molar-refractivity contribution in [1.29, 1.82) is 0 Å². The zero-order chi connectivity index (χ0) is 13.1. The Bertz CT molecular complexity index is 416. The zero-order valence-corrected chi connectivity index (χ0v) is 10.1. The fourth-order valence-electron chi connectivity index (χ4n) is 1.32. The van der Waals surface area contributed by atoms with Crippen LogP contribution in [0.2, 0.25) is 0 Å². The average Bonchev–Trinajstić information content (AvgIpc) is 2.14. The molecule has 0 saturated carbocycles. The molecule has 0 amide bonds. The molecule has 1 aromatic carbocycles. The molecule has 1 rings (SSSR count). The van der Waals surface area contributed by atoms with Crippen molar-refractivity contribution in [2.75, 3.05) is 6.26 Å². The van der Waals surface area contributed by atoms with Crippen LogP contribution in [0.4, 0.5) is 13.2 Å². The third-order valence-corrected chi connectivity index (χ3v) is 2.68. The van der Waals surface area contributed by atoms with Gasteiger partial charge in [-0.05, 0) is 30.9 Å². The minimum absolute atomic E-state index is 0.100. The van der Waals surface area contributed by atoms with Gasteiger partial charge in [-0.15, -0.1) is 24.9 Å². The molecule has 0 saturated heterocycles. The molecule has 0 aliphatic rings. The van der Waals surface area contributed by atoms with Gasteiger partial charge in [-0.3, -0.25) is 4.79 Å². The fourth-order valence-corrected chi connectivity index (χ4v) is 1.83. The van der Waals surface area contributed by atoms with E-state index in [1.165, 1.54) is 19.1 Å². The molecule has 0 atom stereocenters. The first-order valence-corrected chi connectivity index (χ1v) is 5.96. The predicted molar refractivity (Wildman–Crippen MR) is 59.3 cm³/mol. The van der Waals surface area contributed by atoms with Gasteiger partial charge in [0.2, 0.25) is 0 Å². The fraction of sp³-hybridized carbons (Fsp3) is 0.364. The van der Waals surface area contributed by atoms with Gasteiger partial charge in [0.1, 0.15) is 11.5 Å². The maximum atomic E-state index is 12.2. The Hall–Kier alpha value is -1.17. The van der Waals surface area contributed by atoms with Crippen LogP contribution in [0, 0.1) is 0 Å². The second-order valence-corrected chi connectivity index (χ2v) is 4.26. The molecule has 0 aliphatic carbocycles. The number of carbonyl (C=O) groups is 1. The number of hydrogen-bond acceptors (Lipinski definition) is 3. The molecule has 0 bridgehead atoms. The number of carbonyl (C=O) groups excluding carboxylic acids is 1. The maximum absolute atomic E-state index is 12.2. The van der Waals surface area contributed by atoms with Crippen molar-refractivity contribution in [3.8, 4) is 5.75 Å².